The molecular formula is C18H21Cl3N2O3. The summed E-state index contributed by atoms with van der Waals surface area (Å²) in [6.07, 6.45) is 0.692. The van der Waals surface area contributed by atoms with E-state index in [9.17, 15) is 9.59 Å². The quantitative estimate of drug-likeness (QED) is 0.685. The van der Waals surface area contributed by atoms with Crippen molar-refractivity contribution in [1.29, 1.82) is 0 Å². The van der Waals surface area contributed by atoms with Crippen LogP contribution in [-0.2, 0) is 9.59 Å². The molecule has 5 nitrogen and oxygen atoms in total. The van der Waals surface area contributed by atoms with Crippen molar-refractivity contribution in [2.45, 2.75) is 48.0 Å². The van der Waals surface area contributed by atoms with Gasteiger partial charge in [0.15, 0.2) is 4.87 Å². The number of rotatable bonds is 5. The Bertz CT molecular complexity index is 740. The van der Waals surface area contributed by atoms with Crippen LogP contribution in [0, 0.1) is 0 Å². The fourth-order valence-corrected chi connectivity index (χ4v) is 4.39. The first kappa shape index (κ1) is 19.6. The maximum atomic E-state index is 13.0. The van der Waals surface area contributed by atoms with Crippen LogP contribution in [-0.4, -0.2) is 51.7 Å². The molecule has 2 atom stereocenters. The number of benzene rings is 1. The zero-order chi connectivity index (χ0) is 19.3. The van der Waals surface area contributed by atoms with Gasteiger partial charge in [-0.05, 0) is 32.4 Å². The summed E-state index contributed by atoms with van der Waals surface area (Å²) < 4.78 is 3.94. The first-order valence-electron chi connectivity index (χ1n) is 8.47. The van der Waals surface area contributed by atoms with Crippen LogP contribution in [0.15, 0.2) is 24.3 Å². The number of hydrogen-bond donors (Lipinski definition) is 0. The van der Waals surface area contributed by atoms with E-state index in [1.165, 1.54) is 4.90 Å². The molecule has 1 aromatic carbocycles. The molecule has 2 aliphatic rings. The molecule has 8 heteroatoms. The van der Waals surface area contributed by atoms with Gasteiger partial charge in [0.25, 0.3) is 0 Å². The Morgan fingerprint density at radius 3 is 2.54 bits per heavy atom. The first-order chi connectivity index (χ1) is 12.1. The van der Waals surface area contributed by atoms with Crippen molar-refractivity contribution in [3.63, 3.8) is 0 Å². The highest BCUT2D eigenvalue weighted by atomic mass is 35.5. The van der Waals surface area contributed by atoms with Crippen LogP contribution >= 0.6 is 34.8 Å². The SMILES string of the molecule is COc1cccc(N2CCC(N(C(=O)C3(Cl)CC3(Cl)Cl)C(C)C)C2=O)c1. The molecule has 1 heterocycles. The molecule has 142 valence electrons. The van der Waals surface area contributed by atoms with Crippen LogP contribution < -0.4 is 9.64 Å². The van der Waals surface area contributed by atoms with Gasteiger partial charge in [0, 0.05) is 30.8 Å². The van der Waals surface area contributed by atoms with Gasteiger partial charge in [-0.25, -0.2) is 0 Å². The second-order valence-corrected chi connectivity index (χ2v) is 9.11. The highest BCUT2D eigenvalue weighted by molar-refractivity contribution is 6.62. The van der Waals surface area contributed by atoms with E-state index in [1.807, 2.05) is 32.0 Å². The molecule has 1 saturated carbocycles. The third-order valence-electron chi connectivity index (χ3n) is 4.93. The van der Waals surface area contributed by atoms with E-state index in [-0.39, 0.29) is 24.3 Å². The minimum absolute atomic E-state index is 0.143. The van der Waals surface area contributed by atoms with Gasteiger partial charge in [-0.3, -0.25) is 9.59 Å². The van der Waals surface area contributed by atoms with Crippen LogP contribution in [0.1, 0.15) is 26.7 Å². The lowest BCUT2D eigenvalue weighted by molar-refractivity contribution is -0.140. The number of halogens is 3. The molecule has 0 N–H and O–H groups in total. The van der Waals surface area contributed by atoms with Crippen molar-refractivity contribution < 1.29 is 14.3 Å². The number of nitrogens with zero attached hydrogens (tertiary/aromatic N) is 2. The molecule has 0 spiro atoms. The lowest BCUT2D eigenvalue weighted by Crippen LogP contribution is -2.53. The van der Waals surface area contributed by atoms with Gasteiger partial charge in [-0.2, -0.15) is 0 Å². The van der Waals surface area contributed by atoms with E-state index in [0.29, 0.717) is 18.7 Å². The van der Waals surface area contributed by atoms with Crippen LogP contribution in [0.5, 0.6) is 5.75 Å². The van der Waals surface area contributed by atoms with Crippen LogP contribution in [0.2, 0.25) is 0 Å². The zero-order valence-electron chi connectivity index (χ0n) is 14.8. The summed E-state index contributed by atoms with van der Waals surface area (Å²) in [5, 5.41) is 0. The average molecular weight is 420 g/mol. The van der Waals surface area contributed by atoms with Gasteiger partial charge in [0.2, 0.25) is 11.8 Å². The maximum absolute atomic E-state index is 13.0. The molecule has 0 aromatic heterocycles. The van der Waals surface area contributed by atoms with E-state index in [0.717, 1.165) is 5.69 Å². The summed E-state index contributed by atoms with van der Waals surface area (Å²) >= 11 is 18.5. The standard InChI is InChI=1S/C18H21Cl3N2O3/c1-11(2)23(16(25)17(19)10-18(17,20)21)14-7-8-22(15(14)24)12-5-4-6-13(9-12)26-3/h4-6,9,11,14H,7-8,10H2,1-3H3. The summed E-state index contributed by atoms with van der Waals surface area (Å²) in [5.41, 5.74) is 0.740. The van der Waals surface area contributed by atoms with E-state index in [4.69, 9.17) is 39.5 Å². The predicted octanol–water partition coefficient (Wildman–Crippen LogP) is 3.59. The second kappa shape index (κ2) is 6.77. The van der Waals surface area contributed by atoms with Gasteiger partial charge in [0.05, 0.1) is 7.11 Å². The highest BCUT2D eigenvalue weighted by Crippen LogP contribution is 2.62. The lowest BCUT2D eigenvalue weighted by atomic mass is 10.1. The third-order valence-corrected chi connectivity index (χ3v) is 6.65. The summed E-state index contributed by atoms with van der Waals surface area (Å²) in [5.74, 6) is 0.142. The molecule has 1 aliphatic heterocycles. The summed E-state index contributed by atoms with van der Waals surface area (Å²) in [4.78, 5) is 27.9. The van der Waals surface area contributed by atoms with Crippen molar-refractivity contribution >= 4 is 52.3 Å². The Hall–Kier alpha value is -1.17. The fraction of sp³-hybridized carbons (Fsp3) is 0.556. The number of amides is 2. The largest absolute Gasteiger partial charge is 0.497 e. The molecule has 0 radical (unpaired) electrons. The van der Waals surface area contributed by atoms with Gasteiger partial charge >= 0.3 is 0 Å². The van der Waals surface area contributed by atoms with E-state index >= 15 is 0 Å². The molecule has 2 fully saturated rings. The molecule has 3 rings (SSSR count). The van der Waals surface area contributed by atoms with E-state index in [1.54, 1.807) is 18.1 Å². The molecule has 0 bridgehead atoms. The molecule has 26 heavy (non-hydrogen) atoms. The fourth-order valence-electron chi connectivity index (χ4n) is 3.39. The number of hydrogen-bond acceptors (Lipinski definition) is 3. The minimum Gasteiger partial charge on any atom is -0.497 e. The number of carbonyl (C=O) groups excluding carboxylic acids is 2. The molecule has 2 amide bonds. The highest BCUT2D eigenvalue weighted by Gasteiger charge is 2.72. The van der Waals surface area contributed by atoms with Gasteiger partial charge in [-0.15, -0.1) is 11.6 Å². The van der Waals surface area contributed by atoms with Crippen molar-refractivity contribution in [3.05, 3.63) is 24.3 Å². The van der Waals surface area contributed by atoms with Crippen LogP contribution in [0.25, 0.3) is 0 Å². The van der Waals surface area contributed by atoms with Crippen molar-refractivity contribution in [1.82, 2.24) is 4.90 Å². The smallest absolute Gasteiger partial charge is 0.249 e. The third kappa shape index (κ3) is 3.14. The summed E-state index contributed by atoms with van der Waals surface area (Å²) in [6.45, 7) is 4.22. The monoisotopic (exact) mass is 418 g/mol. The van der Waals surface area contributed by atoms with Gasteiger partial charge < -0.3 is 14.5 Å². The zero-order valence-corrected chi connectivity index (χ0v) is 17.1. The molecule has 1 aliphatic carbocycles. The first-order valence-corrected chi connectivity index (χ1v) is 9.61. The van der Waals surface area contributed by atoms with Crippen molar-refractivity contribution in [2.75, 3.05) is 18.6 Å². The van der Waals surface area contributed by atoms with E-state index < -0.39 is 15.2 Å². The molecule has 1 saturated heterocycles. The normalized spacial score (nSPS) is 27.0. The lowest BCUT2D eigenvalue weighted by Gasteiger charge is -2.33. The van der Waals surface area contributed by atoms with Crippen molar-refractivity contribution in [3.8, 4) is 5.75 Å². The van der Waals surface area contributed by atoms with Crippen LogP contribution in [0.4, 0.5) is 5.69 Å². The molecular weight excluding hydrogens is 399 g/mol. The average Bonchev–Trinajstić information content (AvgIpc) is 2.91. The Balaban J connectivity index is 1.84. The number of ether oxygens (including phenoxy) is 1. The number of alkyl halides is 3. The Kier molecular flexibility index (Phi) is 5.10. The Morgan fingerprint density at radius 1 is 1.35 bits per heavy atom. The molecule has 1 aromatic rings. The number of anilines is 1. The van der Waals surface area contributed by atoms with Gasteiger partial charge in [0.1, 0.15) is 16.1 Å². The topological polar surface area (TPSA) is 49.9 Å². The van der Waals surface area contributed by atoms with Gasteiger partial charge in [-0.1, -0.05) is 29.3 Å². The summed E-state index contributed by atoms with van der Waals surface area (Å²) in [7, 11) is 1.58. The van der Waals surface area contributed by atoms with Crippen LogP contribution in [0.3, 0.4) is 0 Å². The molecule has 2 unspecified atom stereocenters. The minimum atomic E-state index is -1.36. The number of carbonyl (C=O) groups is 2. The second-order valence-electron chi connectivity index (χ2n) is 6.98. The Morgan fingerprint density at radius 2 is 2.00 bits per heavy atom. The number of methoxy groups -OCH3 is 1. The van der Waals surface area contributed by atoms with E-state index in [2.05, 4.69) is 0 Å². The van der Waals surface area contributed by atoms with Crippen molar-refractivity contribution in [2.24, 2.45) is 0 Å². The summed E-state index contributed by atoms with van der Waals surface area (Å²) in [6, 6.07) is 6.49. The maximum Gasteiger partial charge on any atom is 0.249 e. The predicted molar refractivity (Wildman–Crippen MR) is 103 cm³/mol. The Labute approximate surface area is 168 Å².